The highest BCUT2D eigenvalue weighted by Crippen LogP contribution is 2.42. The molecule has 1 aliphatic heterocycles. The molecule has 2 aromatic carbocycles. The highest BCUT2D eigenvalue weighted by molar-refractivity contribution is 6.51. The topological polar surface area (TPSA) is 79.7 Å². The summed E-state index contributed by atoms with van der Waals surface area (Å²) in [5, 5.41) is 11.3. The summed E-state index contributed by atoms with van der Waals surface area (Å²) >= 11 is 6.00. The molecule has 0 saturated carbocycles. The van der Waals surface area contributed by atoms with Crippen LogP contribution in [-0.4, -0.2) is 28.1 Å². The standard InChI is InChI=1S/C23H14ClF3N2O4/c24-15-5-1-3-13(11-15)20(30)18-19(14-4-2-10-28-12-14)29(22(32)21(18)31)16-6-8-17(9-7-16)33-23(25,26)27/h1-12,19,30H/b20-18-. The van der Waals surface area contributed by atoms with Gasteiger partial charge in [0.2, 0.25) is 0 Å². The number of aromatic nitrogens is 1. The Balaban J connectivity index is 1.84. The SMILES string of the molecule is O=C1C(=O)N(c2ccc(OC(F)(F)F)cc2)C(c2cccnc2)/C1=C(/O)c1cccc(Cl)c1. The summed E-state index contributed by atoms with van der Waals surface area (Å²) in [6.45, 7) is 0. The van der Waals surface area contributed by atoms with Crippen LogP contribution in [-0.2, 0) is 9.59 Å². The summed E-state index contributed by atoms with van der Waals surface area (Å²) in [6.07, 6.45) is -1.95. The van der Waals surface area contributed by atoms with Gasteiger partial charge >= 0.3 is 6.36 Å². The average Bonchev–Trinajstić information content (AvgIpc) is 3.04. The number of pyridine rings is 1. The Labute approximate surface area is 190 Å². The van der Waals surface area contributed by atoms with Crippen LogP contribution in [0.25, 0.3) is 5.76 Å². The van der Waals surface area contributed by atoms with Gasteiger partial charge in [-0.15, -0.1) is 13.2 Å². The number of aliphatic hydroxyl groups is 1. The van der Waals surface area contributed by atoms with Crippen LogP contribution in [0.3, 0.4) is 0 Å². The second kappa shape index (κ2) is 8.59. The van der Waals surface area contributed by atoms with Gasteiger partial charge in [-0.3, -0.25) is 19.5 Å². The molecule has 1 unspecified atom stereocenters. The Hall–Kier alpha value is -3.85. The number of hydrogen-bond donors (Lipinski definition) is 1. The molecule has 0 aliphatic carbocycles. The number of Topliss-reactive ketones (excluding diaryl/α,β-unsaturated/α-hetero) is 1. The van der Waals surface area contributed by atoms with E-state index in [-0.39, 0.29) is 16.8 Å². The molecule has 10 heteroatoms. The van der Waals surface area contributed by atoms with Crippen LogP contribution < -0.4 is 9.64 Å². The minimum Gasteiger partial charge on any atom is -0.507 e. The fourth-order valence-corrected chi connectivity index (χ4v) is 3.74. The van der Waals surface area contributed by atoms with Crippen LogP contribution in [0, 0.1) is 0 Å². The Morgan fingerprint density at radius 1 is 1.06 bits per heavy atom. The molecule has 168 valence electrons. The number of halogens is 4. The molecule has 1 aromatic heterocycles. The summed E-state index contributed by atoms with van der Waals surface area (Å²) in [7, 11) is 0. The molecule has 0 radical (unpaired) electrons. The molecule has 1 atom stereocenters. The lowest BCUT2D eigenvalue weighted by Gasteiger charge is -2.25. The number of ether oxygens (including phenoxy) is 1. The van der Waals surface area contributed by atoms with Crippen molar-refractivity contribution < 1.29 is 32.6 Å². The first-order valence-corrected chi connectivity index (χ1v) is 9.86. The van der Waals surface area contributed by atoms with Crippen molar-refractivity contribution in [3.8, 4) is 5.75 Å². The van der Waals surface area contributed by atoms with Crippen molar-refractivity contribution in [3.63, 3.8) is 0 Å². The lowest BCUT2D eigenvalue weighted by atomic mass is 9.96. The van der Waals surface area contributed by atoms with E-state index >= 15 is 0 Å². The molecule has 1 amide bonds. The Morgan fingerprint density at radius 2 is 1.79 bits per heavy atom. The quantitative estimate of drug-likeness (QED) is 0.317. The maximum absolute atomic E-state index is 13.0. The zero-order chi connectivity index (χ0) is 23.8. The van der Waals surface area contributed by atoms with E-state index in [0.717, 1.165) is 17.0 Å². The van der Waals surface area contributed by atoms with Crippen LogP contribution in [0.5, 0.6) is 5.75 Å². The van der Waals surface area contributed by atoms with Gasteiger partial charge in [0.15, 0.2) is 0 Å². The third-order valence-corrected chi connectivity index (χ3v) is 5.13. The van der Waals surface area contributed by atoms with Gasteiger partial charge in [0.1, 0.15) is 11.5 Å². The van der Waals surface area contributed by atoms with Crippen molar-refractivity contribution in [2.75, 3.05) is 4.90 Å². The molecule has 4 rings (SSSR count). The van der Waals surface area contributed by atoms with E-state index < -0.39 is 35.6 Å². The van der Waals surface area contributed by atoms with Crippen molar-refractivity contribution >= 4 is 34.7 Å². The smallest absolute Gasteiger partial charge is 0.507 e. The van der Waals surface area contributed by atoms with Gasteiger partial charge < -0.3 is 9.84 Å². The minimum absolute atomic E-state index is 0.130. The second-order valence-corrected chi connectivity index (χ2v) is 7.44. The van der Waals surface area contributed by atoms with Gasteiger partial charge in [0, 0.05) is 28.7 Å². The number of hydrogen-bond acceptors (Lipinski definition) is 5. The van der Waals surface area contributed by atoms with Crippen LogP contribution >= 0.6 is 11.6 Å². The lowest BCUT2D eigenvalue weighted by molar-refractivity contribution is -0.274. The summed E-state index contributed by atoms with van der Waals surface area (Å²) in [5.41, 5.74) is 0.565. The second-order valence-electron chi connectivity index (χ2n) is 7.01. The highest BCUT2D eigenvalue weighted by Gasteiger charge is 2.47. The van der Waals surface area contributed by atoms with Gasteiger partial charge in [0.25, 0.3) is 11.7 Å². The van der Waals surface area contributed by atoms with Gasteiger partial charge in [-0.2, -0.15) is 0 Å². The molecule has 0 spiro atoms. The fourth-order valence-electron chi connectivity index (χ4n) is 3.55. The number of alkyl halides is 3. The van der Waals surface area contributed by atoms with E-state index in [4.69, 9.17) is 11.6 Å². The number of anilines is 1. The third kappa shape index (κ3) is 4.54. The van der Waals surface area contributed by atoms with Crippen molar-refractivity contribution in [1.82, 2.24) is 4.98 Å². The Morgan fingerprint density at radius 3 is 2.39 bits per heavy atom. The molecule has 1 saturated heterocycles. The van der Waals surface area contributed by atoms with Gasteiger partial charge in [-0.05, 0) is 48.0 Å². The van der Waals surface area contributed by atoms with Gasteiger partial charge in [-0.25, -0.2) is 0 Å². The van der Waals surface area contributed by atoms with Gasteiger partial charge in [0.05, 0.1) is 11.6 Å². The van der Waals surface area contributed by atoms with Gasteiger partial charge in [-0.1, -0.05) is 29.8 Å². The largest absolute Gasteiger partial charge is 0.573 e. The number of nitrogens with zero attached hydrogens (tertiary/aromatic N) is 2. The molecule has 33 heavy (non-hydrogen) atoms. The number of aliphatic hydroxyl groups excluding tert-OH is 1. The summed E-state index contributed by atoms with van der Waals surface area (Å²) in [5.74, 6) is -2.85. The first-order valence-electron chi connectivity index (χ1n) is 9.48. The highest BCUT2D eigenvalue weighted by atomic mass is 35.5. The normalized spacial score (nSPS) is 17.9. The van der Waals surface area contributed by atoms with Crippen LogP contribution in [0.2, 0.25) is 5.02 Å². The summed E-state index contributed by atoms with van der Waals surface area (Å²) in [6, 6.07) is 12.7. The average molecular weight is 475 g/mol. The maximum Gasteiger partial charge on any atom is 0.573 e. The van der Waals surface area contributed by atoms with E-state index in [2.05, 4.69) is 9.72 Å². The number of rotatable bonds is 4. The molecule has 2 heterocycles. The number of amides is 1. The molecule has 1 aliphatic rings. The van der Waals surface area contributed by atoms with E-state index in [1.807, 2.05) is 0 Å². The minimum atomic E-state index is -4.88. The number of benzene rings is 2. The zero-order valence-corrected chi connectivity index (χ0v) is 17.3. The third-order valence-electron chi connectivity index (χ3n) is 4.89. The van der Waals surface area contributed by atoms with Crippen LogP contribution in [0.1, 0.15) is 17.2 Å². The molecule has 3 aromatic rings. The van der Waals surface area contributed by atoms with E-state index in [0.29, 0.717) is 10.6 Å². The van der Waals surface area contributed by atoms with Crippen LogP contribution in [0.4, 0.5) is 18.9 Å². The summed E-state index contributed by atoms with van der Waals surface area (Å²) in [4.78, 5) is 31.1. The molecule has 6 nitrogen and oxygen atoms in total. The van der Waals surface area contributed by atoms with Crippen molar-refractivity contribution in [2.45, 2.75) is 12.4 Å². The Bertz CT molecular complexity index is 1240. The molecule has 1 N–H and O–H groups in total. The number of carbonyl (C=O) groups is 2. The first kappa shape index (κ1) is 22.3. The van der Waals surface area contributed by atoms with E-state index in [1.54, 1.807) is 24.3 Å². The molecule has 0 bridgehead atoms. The maximum atomic E-state index is 13.0. The molecular formula is C23H14ClF3N2O4. The van der Waals surface area contributed by atoms with Crippen molar-refractivity contribution in [1.29, 1.82) is 0 Å². The molecule has 1 fully saturated rings. The zero-order valence-electron chi connectivity index (χ0n) is 16.6. The molecular weight excluding hydrogens is 461 g/mol. The lowest BCUT2D eigenvalue weighted by Crippen LogP contribution is -2.29. The fraction of sp³-hybridized carbons (Fsp3) is 0.0870. The predicted octanol–water partition coefficient (Wildman–Crippen LogP) is 5.26. The predicted molar refractivity (Wildman–Crippen MR) is 114 cm³/mol. The van der Waals surface area contributed by atoms with E-state index in [9.17, 15) is 27.9 Å². The summed E-state index contributed by atoms with van der Waals surface area (Å²) < 4.78 is 41.3. The number of ketones is 1. The Kier molecular flexibility index (Phi) is 5.82. The van der Waals surface area contributed by atoms with Crippen molar-refractivity contribution in [3.05, 3.63) is 94.8 Å². The first-order chi connectivity index (χ1) is 15.7. The monoisotopic (exact) mass is 474 g/mol. The van der Waals surface area contributed by atoms with Crippen molar-refractivity contribution in [2.24, 2.45) is 0 Å². The van der Waals surface area contributed by atoms with Crippen LogP contribution in [0.15, 0.2) is 78.6 Å². The number of carbonyl (C=O) groups excluding carboxylic acids is 2. The van der Waals surface area contributed by atoms with E-state index in [1.165, 1.54) is 36.7 Å².